The van der Waals surface area contributed by atoms with E-state index in [0.29, 0.717) is 0 Å². The maximum atomic E-state index is 5.79. The highest BCUT2D eigenvalue weighted by atomic mass is 28.3. The molecule has 0 saturated carbocycles. The van der Waals surface area contributed by atoms with E-state index < -0.39 is 8.80 Å². The second kappa shape index (κ2) is 2.99. The molecule has 1 aliphatic rings. The minimum absolute atomic E-state index is 0.679. The molecule has 1 aromatic carbocycles. The molecule has 0 fully saturated rings. The first-order chi connectivity index (χ1) is 6.93. The lowest BCUT2D eigenvalue weighted by Crippen LogP contribution is -2.22. The first kappa shape index (κ1) is 7.82. The molecule has 0 atom stereocenters. The van der Waals surface area contributed by atoms with Crippen LogP contribution in [-0.4, -0.2) is 8.80 Å². The van der Waals surface area contributed by atoms with Gasteiger partial charge in [-0.1, -0.05) is 41.7 Å². The lowest BCUT2D eigenvalue weighted by molar-refractivity contribution is 0.651. The minimum Gasteiger partial charge on any atom is -0.466 e. The van der Waals surface area contributed by atoms with Gasteiger partial charge in [-0.25, -0.2) is 0 Å². The number of hydrogen-bond acceptors (Lipinski definition) is 1. The molecule has 0 saturated heterocycles. The van der Waals surface area contributed by atoms with Crippen LogP contribution in [-0.2, 0) is 0 Å². The van der Waals surface area contributed by atoms with Crippen molar-refractivity contribution in [2.45, 2.75) is 0 Å². The molecular formula is C12H9OSi. The van der Waals surface area contributed by atoms with Crippen LogP contribution in [0.15, 0.2) is 58.3 Å². The van der Waals surface area contributed by atoms with E-state index in [4.69, 9.17) is 4.42 Å². The Morgan fingerprint density at radius 2 is 1.79 bits per heavy atom. The Kier molecular flexibility index (Phi) is 1.67. The van der Waals surface area contributed by atoms with Crippen molar-refractivity contribution in [3.8, 4) is 0 Å². The third-order valence-corrected chi connectivity index (χ3v) is 4.29. The van der Waals surface area contributed by atoms with Gasteiger partial charge in [-0.05, 0) is 12.1 Å². The summed E-state index contributed by atoms with van der Waals surface area (Å²) in [6.07, 6.45) is 4.20. The summed E-state index contributed by atoms with van der Waals surface area (Å²) < 4.78 is 5.79. The molecule has 67 valence electrons. The van der Waals surface area contributed by atoms with Gasteiger partial charge in [0, 0.05) is 5.39 Å². The Labute approximate surface area is 84.0 Å². The first-order valence-corrected chi connectivity index (χ1v) is 6.29. The largest absolute Gasteiger partial charge is 0.466 e. The van der Waals surface area contributed by atoms with Gasteiger partial charge in [-0.2, -0.15) is 0 Å². The number of furan rings is 1. The molecule has 1 aromatic heterocycles. The fourth-order valence-electron chi connectivity index (χ4n) is 1.66. The lowest BCUT2D eigenvalue weighted by Gasteiger charge is -1.94. The number of para-hydroxylation sites is 1. The van der Waals surface area contributed by atoms with Crippen molar-refractivity contribution < 1.29 is 4.42 Å². The van der Waals surface area contributed by atoms with Gasteiger partial charge in [0.1, 0.15) is 5.58 Å². The molecule has 3 rings (SSSR count). The minimum atomic E-state index is -0.679. The summed E-state index contributed by atoms with van der Waals surface area (Å²) in [6, 6.07) is 10.3. The van der Waals surface area contributed by atoms with Crippen LogP contribution in [0.3, 0.4) is 0 Å². The second-order valence-corrected chi connectivity index (χ2v) is 5.39. The van der Waals surface area contributed by atoms with Crippen LogP contribution in [0.25, 0.3) is 11.0 Å². The predicted molar refractivity (Wildman–Crippen MR) is 59.9 cm³/mol. The van der Waals surface area contributed by atoms with E-state index in [-0.39, 0.29) is 0 Å². The van der Waals surface area contributed by atoms with Crippen LogP contribution < -0.4 is 5.38 Å². The van der Waals surface area contributed by atoms with Crippen molar-refractivity contribution in [3.05, 3.63) is 53.9 Å². The molecular weight excluding hydrogens is 188 g/mol. The summed E-state index contributed by atoms with van der Waals surface area (Å²) in [6.45, 7) is 0. The van der Waals surface area contributed by atoms with E-state index in [1.54, 1.807) is 0 Å². The number of hydrogen-bond donors (Lipinski definition) is 0. The van der Waals surface area contributed by atoms with Crippen LogP contribution in [0.5, 0.6) is 0 Å². The number of benzene rings is 1. The Bertz CT molecular complexity index is 477. The SMILES string of the molecule is C1=C[Si](c2cc3ccccc3o2)C=C1. The fraction of sp³-hybridized carbons (Fsp3) is 0. The molecule has 14 heavy (non-hydrogen) atoms. The zero-order valence-electron chi connectivity index (χ0n) is 7.60. The molecule has 0 bridgehead atoms. The smallest absolute Gasteiger partial charge is 0.187 e. The topological polar surface area (TPSA) is 13.1 Å². The molecule has 0 N–H and O–H groups in total. The van der Waals surface area contributed by atoms with Crippen molar-refractivity contribution in [2.75, 3.05) is 0 Å². The van der Waals surface area contributed by atoms with Crippen LogP contribution in [0.4, 0.5) is 0 Å². The Hall–Kier alpha value is -1.54. The van der Waals surface area contributed by atoms with Gasteiger partial charge in [-0.3, -0.25) is 0 Å². The Morgan fingerprint density at radius 1 is 1.00 bits per heavy atom. The zero-order chi connectivity index (χ0) is 9.38. The van der Waals surface area contributed by atoms with Crippen LogP contribution in [0.2, 0.25) is 0 Å². The monoisotopic (exact) mass is 197 g/mol. The molecule has 2 aromatic rings. The van der Waals surface area contributed by atoms with Gasteiger partial charge < -0.3 is 4.42 Å². The molecule has 1 nitrogen and oxygen atoms in total. The van der Waals surface area contributed by atoms with Crippen LogP contribution >= 0.6 is 0 Å². The highest BCUT2D eigenvalue weighted by Crippen LogP contribution is 2.14. The summed E-state index contributed by atoms with van der Waals surface area (Å²) in [5, 5.41) is 2.33. The normalized spacial score (nSPS) is 15.7. The van der Waals surface area contributed by atoms with Gasteiger partial charge >= 0.3 is 0 Å². The van der Waals surface area contributed by atoms with Crippen LogP contribution in [0.1, 0.15) is 0 Å². The van der Waals surface area contributed by atoms with E-state index in [0.717, 1.165) is 11.0 Å². The number of rotatable bonds is 1. The van der Waals surface area contributed by atoms with E-state index in [2.05, 4.69) is 35.7 Å². The maximum Gasteiger partial charge on any atom is 0.187 e. The van der Waals surface area contributed by atoms with Crippen molar-refractivity contribution in [3.63, 3.8) is 0 Å². The molecule has 0 spiro atoms. The number of fused-ring (bicyclic) bond motifs is 1. The van der Waals surface area contributed by atoms with Crippen molar-refractivity contribution >= 4 is 25.1 Å². The standard InChI is InChI=1S/C12H9OSi/c1-2-6-11-10(5-1)9-12(13-11)14-7-3-4-8-14/h1-9H. The third kappa shape index (κ3) is 1.15. The summed E-state index contributed by atoms with van der Waals surface area (Å²) in [5.74, 6) is 0. The maximum absolute atomic E-state index is 5.79. The van der Waals surface area contributed by atoms with Gasteiger partial charge in [0.15, 0.2) is 8.80 Å². The molecule has 2 heterocycles. The second-order valence-electron chi connectivity index (χ2n) is 3.32. The molecule has 0 aliphatic carbocycles. The third-order valence-electron chi connectivity index (χ3n) is 2.37. The average molecular weight is 197 g/mol. The Morgan fingerprint density at radius 3 is 2.57 bits per heavy atom. The molecule has 1 radical (unpaired) electrons. The van der Waals surface area contributed by atoms with Crippen molar-refractivity contribution in [2.24, 2.45) is 0 Å². The number of allylic oxidation sites excluding steroid dienone is 2. The summed E-state index contributed by atoms with van der Waals surface area (Å²) in [4.78, 5) is 0. The quantitative estimate of drug-likeness (QED) is 0.640. The van der Waals surface area contributed by atoms with E-state index in [9.17, 15) is 0 Å². The lowest BCUT2D eigenvalue weighted by atomic mass is 10.3. The first-order valence-electron chi connectivity index (χ1n) is 4.64. The Balaban J connectivity index is 2.14. The van der Waals surface area contributed by atoms with E-state index >= 15 is 0 Å². The van der Waals surface area contributed by atoms with Gasteiger partial charge in [0.05, 0.1) is 5.38 Å². The molecule has 1 aliphatic heterocycles. The molecule has 0 amide bonds. The van der Waals surface area contributed by atoms with Gasteiger partial charge in [0.25, 0.3) is 0 Å². The van der Waals surface area contributed by atoms with Gasteiger partial charge in [-0.15, -0.1) is 0 Å². The molecule has 0 unspecified atom stereocenters. The van der Waals surface area contributed by atoms with E-state index in [1.165, 1.54) is 5.39 Å². The van der Waals surface area contributed by atoms with Crippen molar-refractivity contribution in [1.29, 1.82) is 0 Å². The molecule has 2 heteroatoms. The zero-order valence-corrected chi connectivity index (χ0v) is 8.60. The van der Waals surface area contributed by atoms with E-state index in [1.807, 2.05) is 18.2 Å². The van der Waals surface area contributed by atoms with Crippen LogP contribution in [0, 0.1) is 0 Å². The highest BCUT2D eigenvalue weighted by molar-refractivity contribution is 6.82. The average Bonchev–Trinajstić information content (AvgIpc) is 2.86. The van der Waals surface area contributed by atoms with Gasteiger partial charge in [0.2, 0.25) is 0 Å². The summed E-state index contributed by atoms with van der Waals surface area (Å²) in [7, 11) is -0.679. The summed E-state index contributed by atoms with van der Waals surface area (Å²) in [5.41, 5.74) is 5.47. The summed E-state index contributed by atoms with van der Waals surface area (Å²) >= 11 is 0. The van der Waals surface area contributed by atoms with Crippen molar-refractivity contribution in [1.82, 2.24) is 0 Å². The highest BCUT2D eigenvalue weighted by Gasteiger charge is 2.14. The predicted octanol–water partition coefficient (Wildman–Crippen LogP) is 2.34. The fourth-order valence-corrected chi connectivity index (χ4v) is 3.29.